The molecule has 0 aromatic heterocycles. The summed E-state index contributed by atoms with van der Waals surface area (Å²) in [7, 11) is 0. The van der Waals surface area contributed by atoms with E-state index in [2.05, 4.69) is 20.2 Å². The van der Waals surface area contributed by atoms with Crippen LogP contribution in [0.4, 0.5) is 0 Å². The van der Waals surface area contributed by atoms with Crippen LogP contribution in [-0.4, -0.2) is 42.0 Å². The Morgan fingerprint density at radius 1 is 1.40 bits per heavy atom. The van der Waals surface area contributed by atoms with Gasteiger partial charge < -0.3 is 10.6 Å². The third kappa shape index (κ3) is 1.42. The van der Waals surface area contributed by atoms with Gasteiger partial charge >= 0.3 is 0 Å². The van der Waals surface area contributed by atoms with Crippen molar-refractivity contribution in [1.82, 2.24) is 10.2 Å². The van der Waals surface area contributed by atoms with E-state index in [0.717, 1.165) is 0 Å². The Kier molecular flexibility index (Phi) is 2.12. The molecule has 5 heteroatoms. The van der Waals surface area contributed by atoms with E-state index in [9.17, 15) is 0 Å². The predicted octanol–water partition coefficient (Wildman–Crippen LogP) is -0.114. The monoisotopic (exact) mass is 207 g/mol. The molecule has 0 aromatic rings. The molecule has 3 rings (SSSR count). The van der Waals surface area contributed by atoms with E-state index in [-0.39, 0.29) is 12.2 Å². The highest BCUT2D eigenvalue weighted by Crippen LogP contribution is 2.27. The zero-order chi connectivity index (χ0) is 10.3. The van der Waals surface area contributed by atoms with Crippen molar-refractivity contribution < 1.29 is 0 Å². The van der Waals surface area contributed by atoms with Crippen LogP contribution in [0.25, 0.3) is 0 Å². The van der Waals surface area contributed by atoms with Crippen molar-refractivity contribution in [3.05, 3.63) is 0 Å². The molecule has 15 heavy (non-hydrogen) atoms. The van der Waals surface area contributed by atoms with Crippen LogP contribution in [0.3, 0.4) is 0 Å². The van der Waals surface area contributed by atoms with Crippen LogP contribution in [0.2, 0.25) is 0 Å². The molecule has 0 saturated heterocycles. The SMILES string of the molecule is NC1=NCNC2C1N=CN2C1CCCC1. The minimum absolute atomic E-state index is 0.0411. The summed E-state index contributed by atoms with van der Waals surface area (Å²) in [5.74, 6) is 0.676. The smallest absolute Gasteiger partial charge is 0.142 e. The highest BCUT2D eigenvalue weighted by Gasteiger charge is 2.38. The maximum Gasteiger partial charge on any atom is 0.142 e. The molecular weight excluding hydrogens is 190 g/mol. The molecule has 2 unspecified atom stereocenters. The van der Waals surface area contributed by atoms with Crippen molar-refractivity contribution in [3.8, 4) is 0 Å². The van der Waals surface area contributed by atoms with Crippen molar-refractivity contribution in [2.45, 2.75) is 43.9 Å². The van der Waals surface area contributed by atoms with Crippen molar-refractivity contribution in [2.75, 3.05) is 6.67 Å². The number of aliphatic imine (C=N–C) groups is 2. The second-order valence-corrected chi connectivity index (χ2v) is 4.48. The molecule has 82 valence electrons. The van der Waals surface area contributed by atoms with Gasteiger partial charge in [-0.05, 0) is 12.8 Å². The number of amidine groups is 1. The number of fused-ring (bicyclic) bond motifs is 1. The summed E-state index contributed by atoms with van der Waals surface area (Å²) < 4.78 is 0. The quantitative estimate of drug-likeness (QED) is 0.630. The van der Waals surface area contributed by atoms with Crippen LogP contribution in [-0.2, 0) is 0 Å². The van der Waals surface area contributed by atoms with E-state index in [1.807, 2.05) is 6.34 Å². The molecule has 2 aliphatic heterocycles. The van der Waals surface area contributed by atoms with Gasteiger partial charge in [0, 0.05) is 6.04 Å². The summed E-state index contributed by atoms with van der Waals surface area (Å²) in [4.78, 5) is 11.0. The van der Waals surface area contributed by atoms with Gasteiger partial charge in [0.25, 0.3) is 0 Å². The first kappa shape index (κ1) is 9.15. The van der Waals surface area contributed by atoms with Gasteiger partial charge in [0.15, 0.2) is 0 Å². The number of nitrogens with zero attached hydrogens (tertiary/aromatic N) is 3. The highest BCUT2D eigenvalue weighted by atomic mass is 15.4. The summed E-state index contributed by atoms with van der Waals surface area (Å²) in [5, 5.41) is 3.37. The number of hydrogen-bond acceptors (Lipinski definition) is 5. The second kappa shape index (κ2) is 3.48. The molecule has 1 fully saturated rings. The third-order valence-electron chi connectivity index (χ3n) is 3.59. The second-order valence-electron chi connectivity index (χ2n) is 4.48. The number of hydrogen-bond donors (Lipinski definition) is 2. The molecule has 1 aliphatic carbocycles. The molecule has 0 bridgehead atoms. The number of nitrogens with two attached hydrogens (primary N) is 1. The van der Waals surface area contributed by atoms with Crippen LogP contribution in [0.15, 0.2) is 9.98 Å². The fourth-order valence-electron chi connectivity index (χ4n) is 2.77. The summed E-state index contributed by atoms with van der Waals surface area (Å²) >= 11 is 0. The van der Waals surface area contributed by atoms with Gasteiger partial charge in [-0.3, -0.25) is 15.3 Å². The Hall–Kier alpha value is -1.10. The predicted molar refractivity (Wildman–Crippen MR) is 59.8 cm³/mol. The molecule has 3 aliphatic rings. The van der Waals surface area contributed by atoms with Crippen molar-refractivity contribution in [3.63, 3.8) is 0 Å². The molecule has 3 N–H and O–H groups in total. The zero-order valence-electron chi connectivity index (χ0n) is 8.76. The summed E-state index contributed by atoms with van der Waals surface area (Å²) in [5.41, 5.74) is 5.85. The lowest BCUT2D eigenvalue weighted by atomic mass is 10.1. The van der Waals surface area contributed by atoms with E-state index < -0.39 is 0 Å². The highest BCUT2D eigenvalue weighted by molar-refractivity contribution is 5.90. The maximum atomic E-state index is 5.85. The lowest BCUT2D eigenvalue weighted by Crippen LogP contribution is -2.57. The van der Waals surface area contributed by atoms with Gasteiger partial charge in [-0.25, -0.2) is 0 Å². The van der Waals surface area contributed by atoms with Crippen LogP contribution >= 0.6 is 0 Å². The lowest BCUT2D eigenvalue weighted by Gasteiger charge is -2.34. The Labute approximate surface area is 89.4 Å². The fraction of sp³-hybridized carbons (Fsp3) is 0.800. The van der Waals surface area contributed by atoms with Gasteiger partial charge in [-0.1, -0.05) is 12.8 Å². The molecule has 2 atom stereocenters. The first-order valence-corrected chi connectivity index (χ1v) is 5.70. The van der Waals surface area contributed by atoms with E-state index >= 15 is 0 Å². The first-order chi connectivity index (χ1) is 7.36. The molecule has 0 aromatic carbocycles. The Morgan fingerprint density at radius 2 is 2.20 bits per heavy atom. The summed E-state index contributed by atoms with van der Waals surface area (Å²) in [6.45, 7) is 0.625. The molecule has 2 heterocycles. The average molecular weight is 207 g/mol. The van der Waals surface area contributed by atoms with Gasteiger partial charge in [-0.2, -0.15) is 0 Å². The fourth-order valence-corrected chi connectivity index (χ4v) is 2.77. The Balaban J connectivity index is 1.78. The topological polar surface area (TPSA) is 66.0 Å². The standard InChI is InChI=1S/C10H17N5/c11-9-8-10(13-5-12-9)15(6-14-8)7-3-1-2-4-7/h6-8,10,13H,1-5H2,(H2,11,12). The van der Waals surface area contributed by atoms with E-state index in [4.69, 9.17) is 5.73 Å². The minimum Gasteiger partial charge on any atom is -0.386 e. The van der Waals surface area contributed by atoms with Gasteiger partial charge in [0.1, 0.15) is 18.0 Å². The van der Waals surface area contributed by atoms with E-state index in [1.54, 1.807) is 0 Å². The molecule has 0 spiro atoms. The van der Waals surface area contributed by atoms with Crippen LogP contribution in [0.1, 0.15) is 25.7 Å². The van der Waals surface area contributed by atoms with Crippen LogP contribution in [0, 0.1) is 0 Å². The summed E-state index contributed by atoms with van der Waals surface area (Å²) in [6, 6.07) is 0.696. The molecule has 0 amide bonds. The normalized spacial score (nSPS) is 35.7. The largest absolute Gasteiger partial charge is 0.386 e. The van der Waals surface area contributed by atoms with Crippen LogP contribution in [0.5, 0.6) is 0 Å². The van der Waals surface area contributed by atoms with Gasteiger partial charge in [0.2, 0.25) is 0 Å². The number of nitrogens with one attached hydrogen (secondary N) is 1. The van der Waals surface area contributed by atoms with E-state index in [1.165, 1.54) is 25.7 Å². The van der Waals surface area contributed by atoms with Gasteiger partial charge in [0.05, 0.1) is 13.0 Å². The average Bonchev–Trinajstić information content (AvgIpc) is 2.85. The zero-order valence-corrected chi connectivity index (χ0v) is 8.76. The van der Waals surface area contributed by atoms with Crippen molar-refractivity contribution >= 4 is 12.2 Å². The van der Waals surface area contributed by atoms with E-state index in [0.29, 0.717) is 18.5 Å². The maximum absolute atomic E-state index is 5.85. The molecular formula is C10H17N5. The number of rotatable bonds is 1. The molecule has 1 saturated carbocycles. The third-order valence-corrected chi connectivity index (χ3v) is 3.59. The van der Waals surface area contributed by atoms with Gasteiger partial charge in [-0.15, -0.1) is 0 Å². The summed E-state index contributed by atoms with van der Waals surface area (Å²) in [6.07, 6.45) is 7.48. The minimum atomic E-state index is 0.0411. The van der Waals surface area contributed by atoms with Crippen LogP contribution < -0.4 is 11.1 Å². The molecule has 0 radical (unpaired) electrons. The van der Waals surface area contributed by atoms with Crippen molar-refractivity contribution in [1.29, 1.82) is 0 Å². The Bertz CT molecular complexity index is 305. The van der Waals surface area contributed by atoms with Crippen molar-refractivity contribution in [2.24, 2.45) is 15.7 Å². The lowest BCUT2D eigenvalue weighted by molar-refractivity contribution is 0.217. The Morgan fingerprint density at radius 3 is 3.00 bits per heavy atom. The first-order valence-electron chi connectivity index (χ1n) is 5.70. The molecule has 5 nitrogen and oxygen atoms in total.